The second kappa shape index (κ2) is 7.48. The molecule has 25 heavy (non-hydrogen) atoms. The maximum atomic E-state index is 11.1. The molecule has 0 saturated heterocycles. The number of nitrogens with zero attached hydrogens (tertiary/aromatic N) is 2. The first-order valence-electron chi connectivity index (χ1n) is 8.44. The molecule has 1 saturated carbocycles. The first kappa shape index (κ1) is 17.2. The third-order valence-electron chi connectivity index (χ3n) is 3.87. The number of hydrogen-bond acceptors (Lipinski definition) is 6. The van der Waals surface area contributed by atoms with E-state index in [0.717, 1.165) is 29.9 Å². The lowest BCUT2D eigenvalue weighted by Crippen LogP contribution is -2.21. The van der Waals surface area contributed by atoms with Crippen LogP contribution in [0.2, 0.25) is 0 Å². The van der Waals surface area contributed by atoms with Crippen LogP contribution in [0.4, 0.5) is 23.1 Å². The van der Waals surface area contributed by atoms with Crippen LogP contribution in [-0.4, -0.2) is 33.6 Å². The van der Waals surface area contributed by atoms with Crippen molar-refractivity contribution < 1.29 is 9.90 Å². The van der Waals surface area contributed by atoms with E-state index < -0.39 is 0 Å². The molecule has 3 rings (SSSR count). The van der Waals surface area contributed by atoms with Crippen LogP contribution >= 0.6 is 0 Å². The van der Waals surface area contributed by atoms with Crippen LogP contribution in [0.5, 0.6) is 0 Å². The molecule has 1 aliphatic carbocycles. The molecule has 1 aromatic carbocycles. The van der Waals surface area contributed by atoms with Gasteiger partial charge >= 0.3 is 0 Å². The highest BCUT2D eigenvalue weighted by molar-refractivity contribution is 5.88. The second-order valence-corrected chi connectivity index (χ2v) is 6.39. The zero-order valence-electron chi connectivity index (χ0n) is 14.4. The molecule has 0 unspecified atom stereocenters. The molecule has 1 aliphatic rings. The Hall–Kier alpha value is -2.67. The molecule has 2 aromatic rings. The fourth-order valence-electron chi connectivity index (χ4n) is 2.44. The van der Waals surface area contributed by atoms with Gasteiger partial charge in [0.1, 0.15) is 5.82 Å². The van der Waals surface area contributed by atoms with Crippen molar-refractivity contribution in [3.05, 3.63) is 36.0 Å². The number of rotatable bonds is 7. The van der Waals surface area contributed by atoms with E-state index in [1.54, 1.807) is 0 Å². The number of hydrogen-bond donors (Lipinski definition) is 4. The number of aliphatic hydroxyl groups excluding tert-OH is 1. The maximum absolute atomic E-state index is 11.1. The van der Waals surface area contributed by atoms with E-state index >= 15 is 0 Å². The lowest BCUT2D eigenvalue weighted by Gasteiger charge is -2.14. The number of benzene rings is 1. The van der Waals surface area contributed by atoms with Crippen molar-refractivity contribution in [1.29, 1.82) is 0 Å². The van der Waals surface area contributed by atoms with Crippen LogP contribution in [0.25, 0.3) is 0 Å². The van der Waals surface area contributed by atoms with Crippen LogP contribution in [0, 0.1) is 0 Å². The minimum absolute atomic E-state index is 0.0182. The first-order valence-corrected chi connectivity index (χ1v) is 8.44. The van der Waals surface area contributed by atoms with E-state index in [-0.39, 0.29) is 18.6 Å². The molecule has 7 nitrogen and oxygen atoms in total. The Morgan fingerprint density at radius 3 is 2.52 bits per heavy atom. The monoisotopic (exact) mass is 341 g/mol. The molecular weight excluding hydrogens is 318 g/mol. The Morgan fingerprint density at radius 1 is 1.24 bits per heavy atom. The first-order chi connectivity index (χ1) is 12.0. The quantitative estimate of drug-likeness (QED) is 0.618. The molecule has 4 N–H and O–H groups in total. The third-order valence-corrected chi connectivity index (χ3v) is 3.87. The van der Waals surface area contributed by atoms with Gasteiger partial charge in [0, 0.05) is 36.3 Å². The minimum atomic E-state index is -0.112. The highest BCUT2D eigenvalue weighted by Gasteiger charge is 2.26. The summed E-state index contributed by atoms with van der Waals surface area (Å²) in [6, 6.07) is 9.29. The highest BCUT2D eigenvalue weighted by atomic mass is 16.3. The summed E-state index contributed by atoms with van der Waals surface area (Å²) < 4.78 is 0. The lowest BCUT2D eigenvalue weighted by atomic mass is 10.2. The predicted octanol–water partition coefficient (Wildman–Crippen LogP) is 2.85. The van der Waals surface area contributed by atoms with Crippen molar-refractivity contribution in [3.8, 4) is 0 Å². The fraction of sp³-hybridized carbons (Fsp3) is 0.389. The molecule has 1 fully saturated rings. The maximum Gasteiger partial charge on any atom is 0.225 e. The summed E-state index contributed by atoms with van der Waals surface area (Å²) in [4.78, 5) is 20.1. The number of carbonyl (C=O) groups excluding carboxylic acids is 1. The highest BCUT2D eigenvalue weighted by Crippen LogP contribution is 2.40. The summed E-state index contributed by atoms with van der Waals surface area (Å²) in [5, 5.41) is 18.3. The van der Waals surface area contributed by atoms with Gasteiger partial charge in [0.15, 0.2) is 0 Å². The summed E-state index contributed by atoms with van der Waals surface area (Å²) in [6.07, 6.45) is 2.30. The van der Waals surface area contributed by atoms with Crippen molar-refractivity contribution in [1.82, 2.24) is 9.97 Å². The number of carbonyl (C=O) groups is 1. The Bertz CT molecular complexity index is 744. The van der Waals surface area contributed by atoms with Crippen molar-refractivity contribution in [3.63, 3.8) is 0 Å². The van der Waals surface area contributed by atoms with E-state index in [9.17, 15) is 9.90 Å². The van der Waals surface area contributed by atoms with Crippen LogP contribution < -0.4 is 16.0 Å². The van der Waals surface area contributed by atoms with Gasteiger partial charge in [0.2, 0.25) is 11.9 Å². The summed E-state index contributed by atoms with van der Waals surface area (Å²) in [5.41, 5.74) is 2.63. The smallest absolute Gasteiger partial charge is 0.225 e. The van der Waals surface area contributed by atoms with Gasteiger partial charge in [-0.2, -0.15) is 4.98 Å². The molecule has 1 aromatic heterocycles. The number of aromatic nitrogens is 2. The summed E-state index contributed by atoms with van der Waals surface area (Å²) >= 11 is 0. The molecular formula is C18H23N5O2. The summed E-state index contributed by atoms with van der Waals surface area (Å²) in [7, 11) is 0. The Labute approximate surface area is 146 Å². The largest absolute Gasteiger partial charge is 0.394 e. The van der Waals surface area contributed by atoms with Crippen LogP contribution in [-0.2, 0) is 4.79 Å². The Kier molecular flexibility index (Phi) is 5.14. The van der Waals surface area contributed by atoms with Crippen molar-refractivity contribution in [2.24, 2.45) is 0 Å². The molecule has 1 heterocycles. The summed E-state index contributed by atoms with van der Waals surface area (Å²) in [6.45, 7) is 3.37. The van der Waals surface area contributed by atoms with E-state index in [4.69, 9.17) is 0 Å². The average Bonchev–Trinajstić information content (AvgIpc) is 3.41. The SMILES string of the molecule is CC(=O)Nc1ccc(Nc2cc(C3CC3)nc(N[C@@H](C)CO)n2)cc1. The predicted molar refractivity (Wildman–Crippen MR) is 98.2 cm³/mol. The lowest BCUT2D eigenvalue weighted by molar-refractivity contribution is -0.114. The van der Waals surface area contributed by atoms with Crippen LogP contribution in [0.3, 0.4) is 0 Å². The zero-order valence-corrected chi connectivity index (χ0v) is 14.4. The minimum Gasteiger partial charge on any atom is -0.394 e. The van der Waals surface area contributed by atoms with E-state index in [0.29, 0.717) is 17.7 Å². The van der Waals surface area contributed by atoms with Gasteiger partial charge in [-0.1, -0.05) is 0 Å². The van der Waals surface area contributed by atoms with Crippen molar-refractivity contribution >= 4 is 29.0 Å². The van der Waals surface area contributed by atoms with Crippen LogP contribution in [0.1, 0.15) is 38.3 Å². The van der Waals surface area contributed by atoms with Gasteiger partial charge in [-0.3, -0.25) is 4.79 Å². The number of nitrogens with one attached hydrogen (secondary N) is 3. The fourth-order valence-corrected chi connectivity index (χ4v) is 2.44. The molecule has 1 amide bonds. The standard InChI is InChI=1S/C18H23N5O2/c1-11(10-24)19-18-22-16(13-3-4-13)9-17(23-18)21-15-7-5-14(6-8-15)20-12(2)25/h5-9,11,13,24H,3-4,10H2,1-2H3,(H,20,25)(H2,19,21,22,23)/t11-/m0/s1. The normalized spacial score (nSPS) is 14.7. The van der Waals surface area contributed by atoms with Gasteiger partial charge in [-0.05, 0) is 44.0 Å². The zero-order chi connectivity index (χ0) is 17.8. The van der Waals surface area contributed by atoms with Gasteiger partial charge in [0.25, 0.3) is 0 Å². The third kappa shape index (κ3) is 4.90. The molecule has 1 atom stereocenters. The Balaban J connectivity index is 1.77. The average molecular weight is 341 g/mol. The van der Waals surface area contributed by atoms with Crippen molar-refractivity contribution in [2.45, 2.75) is 38.6 Å². The number of amides is 1. The number of aliphatic hydroxyl groups is 1. The Morgan fingerprint density at radius 2 is 1.92 bits per heavy atom. The molecule has 7 heteroatoms. The molecule has 132 valence electrons. The van der Waals surface area contributed by atoms with Gasteiger partial charge in [-0.25, -0.2) is 4.98 Å². The molecule has 0 aliphatic heterocycles. The van der Waals surface area contributed by atoms with Gasteiger partial charge < -0.3 is 21.1 Å². The molecule has 0 spiro atoms. The summed E-state index contributed by atoms with van der Waals surface area (Å²) in [5.74, 6) is 1.62. The van der Waals surface area contributed by atoms with Crippen LogP contribution in [0.15, 0.2) is 30.3 Å². The van der Waals surface area contributed by atoms with Gasteiger partial charge in [0.05, 0.1) is 12.3 Å². The van der Waals surface area contributed by atoms with Gasteiger partial charge in [-0.15, -0.1) is 0 Å². The van der Waals surface area contributed by atoms with E-state index in [1.807, 2.05) is 37.3 Å². The second-order valence-electron chi connectivity index (χ2n) is 6.39. The van der Waals surface area contributed by atoms with Crippen molar-refractivity contribution in [2.75, 3.05) is 22.6 Å². The number of anilines is 4. The van der Waals surface area contributed by atoms with E-state index in [2.05, 4.69) is 25.9 Å². The van der Waals surface area contributed by atoms with E-state index in [1.165, 1.54) is 6.92 Å². The molecule has 0 radical (unpaired) electrons. The topological polar surface area (TPSA) is 99.2 Å². The molecule has 0 bridgehead atoms.